The number of carbonyl (C=O) groups is 2. The van der Waals surface area contributed by atoms with Crippen LogP contribution in [-0.2, 0) is 9.53 Å². The van der Waals surface area contributed by atoms with E-state index in [2.05, 4.69) is 34.6 Å². The number of amides is 1. The van der Waals surface area contributed by atoms with Gasteiger partial charge >= 0.3 is 12.1 Å². The van der Waals surface area contributed by atoms with Crippen molar-refractivity contribution >= 4 is 28.5 Å². The van der Waals surface area contributed by atoms with Gasteiger partial charge in [0.2, 0.25) is 0 Å². The van der Waals surface area contributed by atoms with Gasteiger partial charge in [0.15, 0.2) is 5.13 Å². The summed E-state index contributed by atoms with van der Waals surface area (Å²) in [7, 11) is 0. The van der Waals surface area contributed by atoms with E-state index in [9.17, 15) is 9.59 Å². The van der Waals surface area contributed by atoms with Gasteiger partial charge in [-0.05, 0) is 29.2 Å². The van der Waals surface area contributed by atoms with Crippen LogP contribution in [0.15, 0.2) is 54.7 Å². The molecule has 0 spiro atoms. The molecular formula is C21H18N2O4S. The van der Waals surface area contributed by atoms with Gasteiger partial charge in [-0.25, -0.2) is 9.78 Å². The zero-order valence-corrected chi connectivity index (χ0v) is 15.9. The monoisotopic (exact) mass is 394 g/mol. The summed E-state index contributed by atoms with van der Waals surface area (Å²) in [6.45, 7) is 1.79. The molecule has 6 nitrogen and oxygen atoms in total. The normalized spacial score (nSPS) is 13.5. The maximum atomic E-state index is 12.2. The molecule has 0 fully saturated rings. The number of hydrogen-bond acceptors (Lipinski definition) is 5. The number of anilines is 1. The molecule has 4 rings (SSSR count). The van der Waals surface area contributed by atoms with Gasteiger partial charge in [-0.15, -0.1) is 11.3 Å². The average Bonchev–Trinajstić information content (AvgIpc) is 3.28. The highest BCUT2D eigenvalue weighted by molar-refractivity contribution is 7.15. The molecule has 2 aromatic carbocycles. The fraction of sp³-hybridized carbons (Fsp3) is 0.190. The van der Waals surface area contributed by atoms with Gasteiger partial charge in [0, 0.05) is 17.0 Å². The van der Waals surface area contributed by atoms with Crippen LogP contribution in [0.2, 0.25) is 0 Å². The van der Waals surface area contributed by atoms with Crippen LogP contribution in [-0.4, -0.2) is 28.8 Å². The number of carbonyl (C=O) groups excluding carboxylic acids is 1. The smallest absolute Gasteiger partial charge is 0.413 e. The lowest BCUT2D eigenvalue weighted by Gasteiger charge is -2.14. The third kappa shape index (κ3) is 3.36. The molecule has 0 saturated carbocycles. The first-order valence-electron chi connectivity index (χ1n) is 8.85. The number of hydrogen-bond donors (Lipinski definition) is 2. The van der Waals surface area contributed by atoms with Crippen LogP contribution < -0.4 is 5.32 Å². The number of aromatic nitrogens is 1. The van der Waals surface area contributed by atoms with Gasteiger partial charge in [0.05, 0.1) is 5.92 Å². The molecule has 1 aromatic heterocycles. The number of carboxylic acids is 1. The molecule has 0 aliphatic heterocycles. The Labute approximate surface area is 165 Å². The summed E-state index contributed by atoms with van der Waals surface area (Å²) in [5.74, 6) is -1.62. The highest BCUT2D eigenvalue weighted by Crippen LogP contribution is 2.44. The third-order valence-corrected chi connectivity index (χ3v) is 5.97. The van der Waals surface area contributed by atoms with Crippen LogP contribution in [0, 0.1) is 0 Å². The molecule has 0 bridgehead atoms. The van der Waals surface area contributed by atoms with Gasteiger partial charge in [0.25, 0.3) is 0 Å². The van der Waals surface area contributed by atoms with Crippen molar-refractivity contribution in [2.75, 3.05) is 11.9 Å². The molecule has 0 unspecified atom stereocenters. The van der Waals surface area contributed by atoms with Gasteiger partial charge in [-0.2, -0.15) is 0 Å². The lowest BCUT2D eigenvalue weighted by Crippen LogP contribution is -2.17. The first-order chi connectivity index (χ1) is 13.5. The summed E-state index contributed by atoms with van der Waals surface area (Å²) >= 11 is 1.13. The Bertz CT molecular complexity index is 1000. The van der Waals surface area contributed by atoms with Crippen LogP contribution >= 0.6 is 11.3 Å². The molecule has 142 valence electrons. The van der Waals surface area contributed by atoms with E-state index in [1.54, 1.807) is 6.92 Å². The summed E-state index contributed by atoms with van der Waals surface area (Å²) in [6.07, 6.45) is 0.855. The lowest BCUT2D eigenvalue weighted by atomic mass is 9.98. The summed E-state index contributed by atoms with van der Waals surface area (Å²) in [5, 5.41) is 12.0. The lowest BCUT2D eigenvalue weighted by molar-refractivity contribution is -0.138. The van der Waals surface area contributed by atoms with E-state index in [1.807, 2.05) is 24.3 Å². The Morgan fingerprint density at radius 1 is 1.14 bits per heavy atom. The molecule has 3 aromatic rings. The maximum absolute atomic E-state index is 12.2. The largest absolute Gasteiger partial charge is 0.481 e. The molecular weight excluding hydrogens is 376 g/mol. The molecule has 1 amide bonds. The van der Waals surface area contributed by atoms with E-state index in [0.717, 1.165) is 22.5 Å². The van der Waals surface area contributed by atoms with Crippen molar-refractivity contribution in [2.45, 2.75) is 18.8 Å². The number of nitrogens with zero attached hydrogens (tertiary/aromatic N) is 1. The minimum Gasteiger partial charge on any atom is -0.481 e. The molecule has 1 heterocycles. The van der Waals surface area contributed by atoms with E-state index in [1.165, 1.54) is 17.3 Å². The van der Waals surface area contributed by atoms with Crippen molar-refractivity contribution in [1.29, 1.82) is 0 Å². The third-order valence-electron chi connectivity index (χ3n) is 4.87. The van der Waals surface area contributed by atoms with Gasteiger partial charge < -0.3 is 9.84 Å². The molecule has 2 N–H and O–H groups in total. The van der Waals surface area contributed by atoms with Crippen LogP contribution in [0.1, 0.15) is 34.8 Å². The van der Waals surface area contributed by atoms with Crippen LogP contribution in [0.25, 0.3) is 11.1 Å². The minimum atomic E-state index is -0.934. The van der Waals surface area contributed by atoms with Crippen LogP contribution in [0.3, 0.4) is 0 Å². The van der Waals surface area contributed by atoms with Crippen LogP contribution in [0.5, 0.6) is 0 Å². The zero-order chi connectivity index (χ0) is 19.7. The Hall–Kier alpha value is -3.19. The first-order valence-corrected chi connectivity index (χ1v) is 9.66. The van der Waals surface area contributed by atoms with Crippen molar-refractivity contribution in [2.24, 2.45) is 0 Å². The Morgan fingerprint density at radius 3 is 2.36 bits per heavy atom. The minimum absolute atomic E-state index is 0.0166. The molecule has 7 heteroatoms. The van der Waals surface area contributed by atoms with Crippen molar-refractivity contribution < 1.29 is 19.4 Å². The number of nitrogens with one attached hydrogen (secondary N) is 1. The summed E-state index contributed by atoms with van der Waals surface area (Å²) in [4.78, 5) is 27.9. The molecule has 0 saturated heterocycles. The second-order valence-electron chi connectivity index (χ2n) is 6.58. The fourth-order valence-corrected chi connectivity index (χ4v) is 4.23. The molecule has 28 heavy (non-hydrogen) atoms. The number of ether oxygens (including phenoxy) is 1. The Morgan fingerprint density at radius 2 is 1.75 bits per heavy atom. The van der Waals surface area contributed by atoms with E-state index in [4.69, 9.17) is 9.84 Å². The quantitative estimate of drug-likeness (QED) is 0.655. The highest BCUT2D eigenvalue weighted by atomic mass is 32.1. The van der Waals surface area contributed by atoms with E-state index >= 15 is 0 Å². The molecule has 1 atom stereocenters. The zero-order valence-electron chi connectivity index (χ0n) is 15.1. The number of aliphatic carboxylic acids is 1. The summed E-state index contributed by atoms with van der Waals surface area (Å²) in [5.41, 5.74) is 4.62. The summed E-state index contributed by atoms with van der Waals surface area (Å²) < 4.78 is 5.46. The van der Waals surface area contributed by atoms with Gasteiger partial charge in [0.1, 0.15) is 6.61 Å². The van der Waals surface area contributed by atoms with Crippen molar-refractivity contribution in [3.05, 3.63) is 70.7 Å². The van der Waals surface area contributed by atoms with Crippen molar-refractivity contribution in [3.63, 3.8) is 0 Å². The van der Waals surface area contributed by atoms with Crippen LogP contribution in [0.4, 0.5) is 9.93 Å². The van der Waals surface area contributed by atoms with E-state index in [0.29, 0.717) is 10.0 Å². The molecule has 1 aliphatic rings. The molecule has 1 aliphatic carbocycles. The maximum Gasteiger partial charge on any atom is 0.413 e. The van der Waals surface area contributed by atoms with Crippen molar-refractivity contribution in [3.8, 4) is 11.1 Å². The number of fused-ring (bicyclic) bond motifs is 3. The Kier molecular flexibility index (Phi) is 4.83. The average molecular weight is 394 g/mol. The first kappa shape index (κ1) is 18.2. The van der Waals surface area contributed by atoms with Crippen molar-refractivity contribution in [1.82, 2.24) is 4.98 Å². The standard InChI is InChI=1S/C21H18N2O4S/c1-12(19(24)25)18-10-22-20(28-18)23-21(26)27-11-17-15-8-4-2-6-13(15)14-7-3-5-9-16(14)17/h2-10,12,17H,11H2,1H3,(H,24,25)(H,22,23,26)/t12-/m1/s1. The highest BCUT2D eigenvalue weighted by Gasteiger charge is 2.29. The van der Waals surface area contributed by atoms with E-state index in [-0.39, 0.29) is 12.5 Å². The number of carboxylic acid groups (broad SMARTS) is 1. The predicted molar refractivity (Wildman–Crippen MR) is 107 cm³/mol. The number of benzene rings is 2. The van der Waals surface area contributed by atoms with Gasteiger partial charge in [-0.1, -0.05) is 48.5 Å². The topological polar surface area (TPSA) is 88.5 Å². The second-order valence-corrected chi connectivity index (χ2v) is 7.64. The number of rotatable bonds is 5. The van der Waals surface area contributed by atoms with Gasteiger partial charge in [-0.3, -0.25) is 10.1 Å². The summed E-state index contributed by atoms with van der Waals surface area (Å²) in [6, 6.07) is 16.2. The Balaban J connectivity index is 1.44. The second kappa shape index (κ2) is 7.44. The molecule has 0 radical (unpaired) electrons. The fourth-order valence-electron chi connectivity index (χ4n) is 3.39. The SMILES string of the molecule is C[C@@H](C(=O)O)c1cnc(NC(=O)OCC2c3ccccc3-c3ccccc32)s1. The number of thiazole rings is 1. The van der Waals surface area contributed by atoms with E-state index < -0.39 is 18.0 Å². The predicted octanol–water partition coefficient (Wildman–Crippen LogP) is 4.69.